The van der Waals surface area contributed by atoms with Crippen LogP contribution in [0.3, 0.4) is 0 Å². The van der Waals surface area contributed by atoms with E-state index in [4.69, 9.17) is 15.2 Å². The zero-order chi connectivity index (χ0) is 24.6. The molecule has 0 bridgehead atoms. The second-order valence-electron chi connectivity index (χ2n) is 8.25. The maximum atomic E-state index is 12.7. The molecule has 11 heteroatoms. The molecule has 10 nitrogen and oxygen atoms in total. The van der Waals surface area contributed by atoms with E-state index in [1.165, 1.54) is 47.2 Å². The second kappa shape index (κ2) is 8.58. The van der Waals surface area contributed by atoms with Crippen LogP contribution in [0.4, 0.5) is 16.2 Å². The molecule has 3 rings (SSSR count). The summed E-state index contributed by atoms with van der Waals surface area (Å²) in [6.07, 6.45) is 1.88. The van der Waals surface area contributed by atoms with E-state index in [1.54, 1.807) is 32.9 Å². The van der Waals surface area contributed by atoms with Gasteiger partial charge < -0.3 is 15.2 Å². The minimum atomic E-state index is -3.39. The molecule has 33 heavy (non-hydrogen) atoms. The quantitative estimate of drug-likeness (QED) is 0.321. The van der Waals surface area contributed by atoms with Crippen molar-refractivity contribution in [3.05, 3.63) is 64.8 Å². The lowest BCUT2D eigenvalue weighted by Gasteiger charge is -2.21. The summed E-state index contributed by atoms with van der Waals surface area (Å²) in [4.78, 5) is 23.6. The van der Waals surface area contributed by atoms with Crippen molar-refractivity contribution >= 4 is 27.3 Å². The molecule has 0 spiro atoms. The van der Waals surface area contributed by atoms with E-state index in [9.17, 15) is 23.3 Å². The van der Waals surface area contributed by atoms with Crippen LogP contribution >= 0.6 is 0 Å². The fraction of sp³-hybridized carbons (Fsp3) is 0.227. The van der Waals surface area contributed by atoms with Gasteiger partial charge in [0, 0.05) is 30.1 Å². The first-order valence-corrected chi connectivity index (χ1v) is 11.6. The van der Waals surface area contributed by atoms with Crippen molar-refractivity contribution in [2.75, 3.05) is 12.0 Å². The summed E-state index contributed by atoms with van der Waals surface area (Å²) < 4.78 is 35.9. The van der Waals surface area contributed by atoms with Crippen LogP contribution in [-0.4, -0.2) is 35.9 Å². The Morgan fingerprint density at radius 3 is 2.30 bits per heavy atom. The molecule has 2 aromatic carbocycles. The Morgan fingerprint density at radius 1 is 1.12 bits per heavy atom. The van der Waals surface area contributed by atoms with Gasteiger partial charge in [0.2, 0.25) is 0 Å². The number of sulfone groups is 1. The van der Waals surface area contributed by atoms with Gasteiger partial charge in [-0.25, -0.2) is 13.2 Å². The number of aromatic nitrogens is 1. The fourth-order valence-corrected chi connectivity index (χ4v) is 3.61. The van der Waals surface area contributed by atoms with Gasteiger partial charge in [-0.1, -0.05) is 0 Å². The molecule has 0 fully saturated rings. The topological polar surface area (TPSA) is 144 Å². The number of anilines is 1. The summed E-state index contributed by atoms with van der Waals surface area (Å²) in [5.74, 6) is 0.404. The summed E-state index contributed by atoms with van der Waals surface area (Å²) in [6.45, 7) is 5.16. The Balaban J connectivity index is 2.11. The van der Waals surface area contributed by atoms with Crippen molar-refractivity contribution in [3.8, 4) is 22.8 Å². The lowest BCUT2D eigenvalue weighted by molar-refractivity contribution is -0.383. The standard InChI is InChI=1S/C22H23N3O7S/c1-22(2,3)32-21(26)24-11-5-6-18(24)16-12-19(25(27)28)17(23)13-20(16)31-14-7-9-15(10-8-14)33(4,29)30/h5-13H,23H2,1-4H3. The zero-order valence-electron chi connectivity index (χ0n) is 18.4. The Bertz CT molecular complexity index is 1320. The first-order valence-electron chi connectivity index (χ1n) is 9.73. The van der Waals surface area contributed by atoms with E-state index in [-0.39, 0.29) is 39.0 Å². The van der Waals surface area contributed by atoms with Crippen LogP contribution in [0.15, 0.2) is 59.6 Å². The van der Waals surface area contributed by atoms with Gasteiger partial charge in [-0.3, -0.25) is 14.7 Å². The predicted octanol–water partition coefficient (Wildman–Crippen LogP) is 4.62. The maximum absolute atomic E-state index is 12.7. The molecular formula is C22H23N3O7S. The Morgan fingerprint density at radius 2 is 1.76 bits per heavy atom. The van der Waals surface area contributed by atoms with E-state index in [0.717, 1.165) is 6.26 Å². The van der Waals surface area contributed by atoms with Gasteiger partial charge in [0.15, 0.2) is 9.84 Å². The van der Waals surface area contributed by atoms with Crippen molar-refractivity contribution in [1.82, 2.24) is 4.57 Å². The van der Waals surface area contributed by atoms with Crippen LogP contribution in [0.5, 0.6) is 11.5 Å². The van der Waals surface area contributed by atoms with Gasteiger partial charge in [0.05, 0.1) is 15.5 Å². The SMILES string of the molecule is CC(C)(C)OC(=O)n1cccc1-c1cc([N+](=O)[O-])c(N)cc1Oc1ccc(S(C)(=O)=O)cc1. The number of nitro groups is 1. The molecule has 0 aliphatic carbocycles. The first-order chi connectivity index (χ1) is 15.3. The summed E-state index contributed by atoms with van der Waals surface area (Å²) in [6, 6.07) is 11.3. The van der Waals surface area contributed by atoms with Gasteiger partial charge in [-0.15, -0.1) is 0 Å². The Kier molecular flexibility index (Phi) is 6.19. The van der Waals surface area contributed by atoms with Gasteiger partial charge in [0.25, 0.3) is 5.69 Å². The average molecular weight is 474 g/mol. The van der Waals surface area contributed by atoms with Crippen LogP contribution in [0.25, 0.3) is 11.3 Å². The fourth-order valence-electron chi connectivity index (χ4n) is 2.98. The summed E-state index contributed by atoms with van der Waals surface area (Å²) in [7, 11) is -3.39. The molecule has 0 aliphatic rings. The normalized spacial score (nSPS) is 11.8. The third-order valence-electron chi connectivity index (χ3n) is 4.42. The Hall–Kier alpha value is -3.86. The number of hydrogen-bond donors (Lipinski definition) is 1. The van der Waals surface area contributed by atoms with Gasteiger partial charge >= 0.3 is 6.09 Å². The highest BCUT2D eigenvalue weighted by Gasteiger charge is 2.24. The van der Waals surface area contributed by atoms with Gasteiger partial charge in [-0.05, 0) is 57.2 Å². The molecule has 0 aliphatic heterocycles. The Labute approximate surface area is 190 Å². The lowest BCUT2D eigenvalue weighted by Crippen LogP contribution is -2.27. The molecule has 0 radical (unpaired) electrons. The van der Waals surface area contributed by atoms with Crippen LogP contribution in [0, 0.1) is 10.1 Å². The van der Waals surface area contributed by atoms with Crippen LogP contribution in [0.2, 0.25) is 0 Å². The number of hydrogen-bond acceptors (Lipinski definition) is 8. The molecule has 3 aromatic rings. The van der Waals surface area contributed by atoms with E-state index in [2.05, 4.69) is 0 Å². The summed E-state index contributed by atoms with van der Waals surface area (Å²) >= 11 is 0. The third kappa shape index (κ3) is 5.50. The lowest BCUT2D eigenvalue weighted by atomic mass is 10.1. The summed E-state index contributed by atoms with van der Waals surface area (Å²) in [5.41, 5.74) is 5.12. The molecule has 0 saturated carbocycles. The van der Waals surface area contributed by atoms with Crippen molar-refractivity contribution in [2.45, 2.75) is 31.3 Å². The molecule has 2 N–H and O–H groups in total. The number of nitrogen functional groups attached to an aromatic ring is 1. The third-order valence-corrected chi connectivity index (χ3v) is 5.55. The molecule has 0 unspecified atom stereocenters. The zero-order valence-corrected chi connectivity index (χ0v) is 19.3. The van der Waals surface area contributed by atoms with E-state index in [0.29, 0.717) is 0 Å². The predicted molar refractivity (Wildman–Crippen MR) is 122 cm³/mol. The second-order valence-corrected chi connectivity index (χ2v) is 10.3. The first kappa shape index (κ1) is 23.8. The van der Waals surface area contributed by atoms with Crippen LogP contribution in [0.1, 0.15) is 20.8 Å². The number of carbonyl (C=O) groups is 1. The van der Waals surface area contributed by atoms with Crippen molar-refractivity contribution in [3.63, 3.8) is 0 Å². The highest BCUT2D eigenvalue weighted by molar-refractivity contribution is 7.90. The summed E-state index contributed by atoms with van der Waals surface area (Å²) in [5, 5.41) is 11.5. The van der Waals surface area contributed by atoms with E-state index >= 15 is 0 Å². The van der Waals surface area contributed by atoms with E-state index < -0.39 is 26.5 Å². The maximum Gasteiger partial charge on any atom is 0.418 e. The number of nitro benzene ring substituents is 1. The number of carbonyl (C=O) groups excluding carboxylic acids is 1. The van der Waals surface area contributed by atoms with Crippen molar-refractivity contribution in [2.24, 2.45) is 0 Å². The van der Waals surface area contributed by atoms with Crippen LogP contribution < -0.4 is 10.5 Å². The highest BCUT2D eigenvalue weighted by atomic mass is 32.2. The van der Waals surface area contributed by atoms with Crippen LogP contribution in [-0.2, 0) is 14.6 Å². The number of ether oxygens (including phenoxy) is 2. The minimum Gasteiger partial charge on any atom is -0.457 e. The number of nitrogens with two attached hydrogens (primary N) is 1. The number of rotatable bonds is 5. The van der Waals surface area contributed by atoms with E-state index in [1.807, 2.05) is 0 Å². The monoisotopic (exact) mass is 473 g/mol. The van der Waals surface area contributed by atoms with Crippen molar-refractivity contribution in [1.29, 1.82) is 0 Å². The highest BCUT2D eigenvalue weighted by Crippen LogP contribution is 2.40. The number of nitrogens with zero attached hydrogens (tertiary/aromatic N) is 2. The molecule has 1 aromatic heterocycles. The smallest absolute Gasteiger partial charge is 0.418 e. The molecule has 1 heterocycles. The molecule has 174 valence electrons. The van der Waals surface area contributed by atoms with Gasteiger partial charge in [0.1, 0.15) is 22.8 Å². The molecule has 0 amide bonds. The van der Waals surface area contributed by atoms with Crippen molar-refractivity contribution < 1.29 is 27.6 Å². The minimum absolute atomic E-state index is 0.108. The van der Waals surface area contributed by atoms with Gasteiger partial charge in [-0.2, -0.15) is 0 Å². The molecule has 0 atom stereocenters. The molecule has 0 saturated heterocycles. The number of benzene rings is 2. The average Bonchev–Trinajstić information content (AvgIpc) is 3.16. The largest absolute Gasteiger partial charge is 0.457 e. The molecular weight excluding hydrogens is 450 g/mol.